The van der Waals surface area contributed by atoms with E-state index in [1.165, 1.54) is 19.2 Å². The van der Waals surface area contributed by atoms with Crippen molar-refractivity contribution < 1.29 is 13.9 Å². The van der Waals surface area contributed by atoms with Crippen LogP contribution in [-0.4, -0.2) is 13.0 Å². The summed E-state index contributed by atoms with van der Waals surface area (Å²) >= 11 is 12.0. The van der Waals surface area contributed by atoms with Crippen LogP contribution in [0.5, 0.6) is 5.75 Å². The smallest absolute Gasteiger partial charge is 0.344 e. The second-order valence-corrected chi connectivity index (χ2v) is 7.32. The third-order valence-electron chi connectivity index (χ3n) is 4.58. The molecule has 5 nitrogen and oxygen atoms in total. The Hall–Kier alpha value is -3.28. The Morgan fingerprint density at radius 2 is 1.80 bits per heavy atom. The van der Waals surface area contributed by atoms with Crippen molar-refractivity contribution in [2.75, 3.05) is 12.4 Å². The third kappa shape index (κ3) is 3.90. The summed E-state index contributed by atoms with van der Waals surface area (Å²) < 4.78 is 10.8. The number of amides is 1. The summed E-state index contributed by atoms with van der Waals surface area (Å²) in [6.45, 7) is 0. The molecule has 30 heavy (non-hydrogen) atoms. The summed E-state index contributed by atoms with van der Waals surface area (Å²) in [5.41, 5.74) is 1.63. The number of rotatable bonds is 4. The molecular weight excluding hydrogens is 425 g/mol. The molecule has 1 N–H and O–H groups in total. The van der Waals surface area contributed by atoms with Crippen LogP contribution in [-0.2, 0) is 0 Å². The van der Waals surface area contributed by atoms with Crippen LogP contribution >= 0.6 is 23.2 Å². The first-order chi connectivity index (χ1) is 14.5. The van der Waals surface area contributed by atoms with Crippen LogP contribution in [0.4, 0.5) is 5.69 Å². The van der Waals surface area contributed by atoms with Gasteiger partial charge in [-0.05, 0) is 48.0 Å². The van der Waals surface area contributed by atoms with Crippen LogP contribution < -0.4 is 15.7 Å². The van der Waals surface area contributed by atoms with Crippen LogP contribution in [0, 0.1) is 0 Å². The number of hydrogen-bond acceptors (Lipinski definition) is 4. The Kier molecular flexibility index (Phi) is 5.48. The zero-order valence-electron chi connectivity index (χ0n) is 15.7. The maximum Gasteiger partial charge on any atom is 0.344 e. The molecule has 0 radical (unpaired) electrons. The highest BCUT2D eigenvalue weighted by atomic mass is 35.5. The van der Waals surface area contributed by atoms with Crippen LogP contribution in [0.25, 0.3) is 22.1 Å². The highest BCUT2D eigenvalue weighted by Crippen LogP contribution is 2.31. The number of nitrogens with one attached hydrogen (secondary N) is 1. The van der Waals surface area contributed by atoms with Gasteiger partial charge < -0.3 is 14.5 Å². The summed E-state index contributed by atoms with van der Waals surface area (Å²) in [6.07, 6.45) is 0. The first-order valence-electron chi connectivity index (χ1n) is 8.94. The molecule has 0 aliphatic carbocycles. The lowest BCUT2D eigenvalue weighted by atomic mass is 10.0. The van der Waals surface area contributed by atoms with Gasteiger partial charge in [-0.25, -0.2) is 4.79 Å². The van der Waals surface area contributed by atoms with E-state index in [0.29, 0.717) is 33.2 Å². The summed E-state index contributed by atoms with van der Waals surface area (Å²) in [6, 6.07) is 18.7. The highest BCUT2D eigenvalue weighted by Gasteiger charge is 2.16. The summed E-state index contributed by atoms with van der Waals surface area (Å²) in [7, 11) is 1.49. The van der Waals surface area contributed by atoms with Gasteiger partial charge in [0, 0.05) is 10.4 Å². The number of benzene rings is 3. The first kappa shape index (κ1) is 20.0. The Labute approximate surface area is 181 Å². The van der Waals surface area contributed by atoms with Gasteiger partial charge in [-0.3, -0.25) is 4.79 Å². The molecule has 0 saturated heterocycles. The Morgan fingerprint density at radius 1 is 1.00 bits per heavy atom. The zero-order chi connectivity index (χ0) is 21.3. The zero-order valence-corrected chi connectivity index (χ0v) is 17.3. The molecule has 0 saturated carbocycles. The van der Waals surface area contributed by atoms with Crippen LogP contribution in [0.3, 0.4) is 0 Å². The molecule has 0 aliphatic rings. The maximum absolute atomic E-state index is 12.7. The van der Waals surface area contributed by atoms with Gasteiger partial charge in [0.1, 0.15) is 11.3 Å². The molecule has 0 spiro atoms. The molecular formula is C23H15Cl2NO4. The van der Waals surface area contributed by atoms with Crippen LogP contribution in [0.1, 0.15) is 10.4 Å². The molecule has 150 valence electrons. The minimum absolute atomic E-state index is 0.227. The predicted octanol–water partition coefficient (Wildman–Crippen LogP) is 6.03. The number of carbonyl (C=O) groups is 1. The third-order valence-corrected chi connectivity index (χ3v) is 5.12. The SMILES string of the molecule is COc1ccc(-c2cc3ccccc3oc2=O)cc1NC(=O)c1ccc(Cl)cc1Cl. The molecule has 0 bridgehead atoms. The number of hydrogen-bond donors (Lipinski definition) is 1. The van der Waals surface area contributed by atoms with E-state index < -0.39 is 11.5 Å². The van der Waals surface area contributed by atoms with Crippen molar-refractivity contribution in [1.29, 1.82) is 0 Å². The van der Waals surface area contributed by atoms with Crippen molar-refractivity contribution in [3.05, 3.63) is 92.8 Å². The lowest BCUT2D eigenvalue weighted by Gasteiger charge is -2.13. The second-order valence-electron chi connectivity index (χ2n) is 6.48. The Morgan fingerprint density at radius 3 is 2.57 bits per heavy atom. The monoisotopic (exact) mass is 439 g/mol. The van der Waals surface area contributed by atoms with Crippen molar-refractivity contribution in [3.8, 4) is 16.9 Å². The molecule has 1 amide bonds. The van der Waals surface area contributed by atoms with Gasteiger partial charge in [-0.15, -0.1) is 0 Å². The summed E-state index contributed by atoms with van der Waals surface area (Å²) in [4.78, 5) is 25.2. The second kappa shape index (κ2) is 8.22. The highest BCUT2D eigenvalue weighted by molar-refractivity contribution is 6.37. The number of methoxy groups -OCH3 is 1. The lowest BCUT2D eigenvalue weighted by Crippen LogP contribution is -2.13. The van der Waals surface area contributed by atoms with E-state index in [1.54, 1.807) is 42.5 Å². The first-order valence-corrected chi connectivity index (χ1v) is 9.69. The summed E-state index contributed by atoms with van der Waals surface area (Å²) in [5.74, 6) is 0.0000236. The van der Waals surface area contributed by atoms with Gasteiger partial charge in [0.15, 0.2) is 0 Å². The van der Waals surface area contributed by atoms with Gasteiger partial charge in [0.05, 0.1) is 28.9 Å². The number of para-hydroxylation sites is 1. The van der Waals surface area contributed by atoms with Crippen molar-refractivity contribution in [2.45, 2.75) is 0 Å². The van der Waals surface area contributed by atoms with E-state index in [0.717, 1.165) is 5.39 Å². The van der Waals surface area contributed by atoms with E-state index in [4.69, 9.17) is 32.4 Å². The normalized spacial score (nSPS) is 10.8. The fraction of sp³-hybridized carbons (Fsp3) is 0.0435. The largest absolute Gasteiger partial charge is 0.495 e. The molecule has 7 heteroatoms. The standard InChI is InChI=1S/C23H15Cl2NO4/c1-29-21-9-6-13(17-10-14-4-2-3-5-20(14)30-23(17)28)11-19(21)26-22(27)16-8-7-15(24)12-18(16)25/h2-12H,1H3,(H,26,27). The van der Waals surface area contributed by atoms with Gasteiger partial charge >= 0.3 is 5.63 Å². The van der Waals surface area contributed by atoms with Crippen LogP contribution in [0.2, 0.25) is 10.0 Å². The van der Waals surface area contributed by atoms with Gasteiger partial charge in [0.25, 0.3) is 5.91 Å². The molecule has 0 aliphatic heterocycles. The molecule has 0 atom stereocenters. The van der Waals surface area contributed by atoms with E-state index in [9.17, 15) is 9.59 Å². The van der Waals surface area contributed by atoms with Gasteiger partial charge in [-0.2, -0.15) is 0 Å². The fourth-order valence-electron chi connectivity index (χ4n) is 3.10. The van der Waals surface area contributed by atoms with Crippen LogP contribution in [0.15, 0.2) is 75.9 Å². The number of fused-ring (bicyclic) bond motifs is 1. The number of ether oxygens (including phenoxy) is 1. The molecule has 0 fully saturated rings. The van der Waals surface area contributed by atoms with Crippen molar-refractivity contribution in [3.63, 3.8) is 0 Å². The van der Waals surface area contributed by atoms with Gasteiger partial charge in [0.2, 0.25) is 0 Å². The molecule has 4 rings (SSSR count). The van der Waals surface area contributed by atoms with E-state index in [1.807, 2.05) is 12.1 Å². The number of halogens is 2. The van der Waals surface area contributed by atoms with E-state index in [2.05, 4.69) is 5.32 Å². The minimum Gasteiger partial charge on any atom is -0.495 e. The molecule has 4 aromatic rings. The number of anilines is 1. The Bertz CT molecular complexity index is 1330. The molecule has 0 unspecified atom stereocenters. The number of carbonyl (C=O) groups excluding carboxylic acids is 1. The lowest BCUT2D eigenvalue weighted by molar-refractivity contribution is 0.102. The predicted molar refractivity (Wildman–Crippen MR) is 119 cm³/mol. The van der Waals surface area contributed by atoms with Crippen molar-refractivity contribution in [2.24, 2.45) is 0 Å². The van der Waals surface area contributed by atoms with Crippen molar-refractivity contribution >= 4 is 45.8 Å². The van der Waals surface area contributed by atoms with E-state index in [-0.39, 0.29) is 10.6 Å². The fourth-order valence-corrected chi connectivity index (χ4v) is 3.59. The average Bonchev–Trinajstić information content (AvgIpc) is 2.73. The maximum atomic E-state index is 12.7. The molecule has 1 aromatic heterocycles. The Balaban J connectivity index is 1.75. The van der Waals surface area contributed by atoms with E-state index >= 15 is 0 Å². The summed E-state index contributed by atoms with van der Waals surface area (Å²) in [5, 5.41) is 4.23. The van der Waals surface area contributed by atoms with Gasteiger partial charge in [-0.1, -0.05) is 47.5 Å². The quantitative estimate of drug-likeness (QED) is 0.394. The molecule has 1 heterocycles. The van der Waals surface area contributed by atoms with Crippen molar-refractivity contribution in [1.82, 2.24) is 0 Å². The minimum atomic E-state index is -0.475. The topological polar surface area (TPSA) is 68.5 Å². The molecule has 3 aromatic carbocycles. The average molecular weight is 440 g/mol.